The molecule has 0 heterocycles. The van der Waals surface area contributed by atoms with Gasteiger partial charge in [-0.25, -0.2) is 0 Å². The summed E-state index contributed by atoms with van der Waals surface area (Å²) in [5, 5.41) is 21.8. The number of nitrogens with two attached hydrogens (primary N) is 2. The van der Waals surface area contributed by atoms with Gasteiger partial charge >= 0.3 is 0 Å². The Hall–Kier alpha value is -6.50. The highest BCUT2D eigenvalue weighted by Gasteiger charge is 2.18. The molecule has 0 saturated heterocycles. The van der Waals surface area contributed by atoms with Gasteiger partial charge in [0, 0.05) is 39.6 Å². The van der Waals surface area contributed by atoms with Crippen molar-refractivity contribution in [3.05, 3.63) is 144 Å². The molecule has 0 aromatic heterocycles. The number of aromatic hydroxyl groups is 2. The number of nitrogen functional groups attached to an aromatic ring is 2. The number of ether oxygens (including phenoxy) is 2. The van der Waals surface area contributed by atoms with Gasteiger partial charge in [0.15, 0.2) is 5.75 Å². The van der Waals surface area contributed by atoms with Gasteiger partial charge in [0.25, 0.3) is 0 Å². The molecule has 0 saturated carbocycles. The normalized spacial score (nSPS) is 10.3. The first kappa shape index (κ1) is 27.7. The topological polar surface area (TPSA) is 111 Å². The minimum Gasteiger partial charge on any atom is -0.506 e. The van der Waals surface area contributed by atoms with Gasteiger partial charge < -0.3 is 31.2 Å². The molecule has 0 aliphatic rings. The molecule has 0 unspecified atom stereocenters. The van der Waals surface area contributed by atoms with Crippen molar-refractivity contribution in [2.75, 3.05) is 11.5 Å². The zero-order valence-corrected chi connectivity index (χ0v) is 23.4. The zero-order valence-electron chi connectivity index (χ0n) is 23.4. The Morgan fingerprint density at radius 3 is 1.61 bits per heavy atom. The molecule has 0 bridgehead atoms. The minimum absolute atomic E-state index is 0.0857. The molecule has 0 aliphatic heterocycles. The third-order valence-corrected chi connectivity index (χ3v) is 6.76. The van der Waals surface area contributed by atoms with Gasteiger partial charge in [-0.3, -0.25) is 0 Å². The molecule has 6 heteroatoms. The van der Waals surface area contributed by atoms with Crippen molar-refractivity contribution in [1.82, 2.24) is 0 Å². The van der Waals surface area contributed by atoms with Gasteiger partial charge in [0.1, 0.15) is 28.7 Å². The maximum absolute atomic E-state index is 10.3. The second-order valence-corrected chi connectivity index (χ2v) is 9.86. The quantitative estimate of drug-likeness (QED) is 0.0971. The molecule has 0 amide bonds. The van der Waals surface area contributed by atoms with Gasteiger partial charge in [0.2, 0.25) is 0 Å². The van der Waals surface area contributed by atoms with E-state index >= 15 is 0 Å². The van der Waals surface area contributed by atoms with Crippen molar-refractivity contribution >= 4 is 22.1 Å². The van der Waals surface area contributed by atoms with E-state index in [0.717, 1.165) is 11.1 Å². The summed E-state index contributed by atoms with van der Waals surface area (Å²) in [4.78, 5) is 0. The van der Waals surface area contributed by atoms with Crippen LogP contribution in [0.4, 0.5) is 11.4 Å². The lowest BCUT2D eigenvalue weighted by atomic mass is 9.98. The minimum atomic E-state index is -0.0961. The van der Waals surface area contributed by atoms with E-state index in [2.05, 4.69) is 23.7 Å². The summed E-state index contributed by atoms with van der Waals surface area (Å²) >= 11 is 0. The summed E-state index contributed by atoms with van der Waals surface area (Å²) in [6, 6.07) is 36.1. The highest BCUT2D eigenvalue weighted by atomic mass is 16.5. The standard InChI is InChI=1S/C38H26N2O4/c39-32-20-18-29(23-34(32)41)43-36-13-7-12-31-37(36)27(16-14-25-8-3-1-4-9-25)22-28(17-15-26-10-5-2-6-11-26)38(31)44-30-19-21-33(40)35(42)24-30/h1-13,18-24,41-42H,39-40H2. The number of benzene rings is 6. The molecule has 0 aliphatic carbocycles. The average molecular weight is 575 g/mol. The van der Waals surface area contributed by atoms with E-state index in [9.17, 15) is 10.2 Å². The van der Waals surface area contributed by atoms with Crippen molar-refractivity contribution in [1.29, 1.82) is 0 Å². The largest absolute Gasteiger partial charge is 0.506 e. The molecule has 6 nitrogen and oxygen atoms in total. The number of phenolic OH excluding ortho intramolecular Hbond substituents is 2. The molecule has 0 atom stereocenters. The third kappa shape index (κ3) is 6.06. The van der Waals surface area contributed by atoms with Crippen molar-refractivity contribution in [2.45, 2.75) is 0 Å². The highest BCUT2D eigenvalue weighted by Crippen LogP contribution is 2.42. The number of anilines is 2. The summed E-state index contributed by atoms with van der Waals surface area (Å²) in [5.74, 6) is 14.6. The predicted molar refractivity (Wildman–Crippen MR) is 174 cm³/mol. The van der Waals surface area contributed by atoms with Gasteiger partial charge in [-0.2, -0.15) is 0 Å². The van der Waals surface area contributed by atoms with Gasteiger partial charge in [-0.1, -0.05) is 72.2 Å². The smallest absolute Gasteiger partial charge is 0.151 e. The molecular weight excluding hydrogens is 548 g/mol. The highest BCUT2D eigenvalue weighted by molar-refractivity contribution is 6.00. The average Bonchev–Trinajstić information content (AvgIpc) is 3.04. The Bertz CT molecular complexity index is 2120. The number of hydrogen-bond donors (Lipinski definition) is 4. The van der Waals surface area contributed by atoms with E-state index in [1.165, 1.54) is 12.1 Å². The van der Waals surface area contributed by atoms with Crippen molar-refractivity contribution in [3.63, 3.8) is 0 Å². The Morgan fingerprint density at radius 2 is 1.05 bits per heavy atom. The summed E-state index contributed by atoms with van der Waals surface area (Å²) in [7, 11) is 0. The number of phenols is 2. The van der Waals surface area contributed by atoms with Crippen LogP contribution in [-0.4, -0.2) is 10.2 Å². The van der Waals surface area contributed by atoms with Crippen LogP contribution in [0.1, 0.15) is 22.3 Å². The second kappa shape index (κ2) is 12.2. The Balaban J connectivity index is 1.60. The fourth-order valence-corrected chi connectivity index (χ4v) is 4.55. The lowest BCUT2D eigenvalue weighted by Crippen LogP contribution is -1.96. The number of hydrogen-bond acceptors (Lipinski definition) is 6. The first-order valence-electron chi connectivity index (χ1n) is 13.7. The summed E-state index contributed by atoms with van der Waals surface area (Å²) in [6.07, 6.45) is 0. The lowest BCUT2D eigenvalue weighted by Gasteiger charge is -2.16. The molecule has 0 radical (unpaired) electrons. The van der Waals surface area contributed by atoms with Crippen LogP contribution < -0.4 is 20.9 Å². The number of fused-ring (bicyclic) bond motifs is 1. The predicted octanol–water partition coefficient (Wildman–Crippen LogP) is 7.80. The number of rotatable bonds is 4. The molecule has 44 heavy (non-hydrogen) atoms. The summed E-state index contributed by atoms with van der Waals surface area (Å²) in [5.41, 5.74) is 15.1. The van der Waals surface area contributed by atoms with Crippen LogP contribution >= 0.6 is 0 Å². The van der Waals surface area contributed by atoms with E-state index in [0.29, 0.717) is 44.9 Å². The summed E-state index contributed by atoms with van der Waals surface area (Å²) < 4.78 is 12.7. The van der Waals surface area contributed by atoms with Crippen LogP contribution in [0.3, 0.4) is 0 Å². The molecule has 6 aromatic carbocycles. The first-order valence-corrected chi connectivity index (χ1v) is 13.7. The molecule has 212 valence electrons. The van der Waals surface area contributed by atoms with E-state index in [1.54, 1.807) is 24.3 Å². The molecule has 6 aromatic rings. The SMILES string of the molecule is Nc1ccc(Oc2c(C#Cc3ccccc3)cc(C#Cc3ccccc3)c3c(Oc4ccc(N)c(O)c4)cccc23)cc1O. The Kier molecular flexibility index (Phi) is 7.65. The Labute approximate surface area is 254 Å². The van der Waals surface area contributed by atoms with Gasteiger partial charge in [0.05, 0.1) is 16.9 Å². The molecule has 6 rings (SSSR count). The molecular formula is C38H26N2O4. The van der Waals surface area contributed by atoms with Crippen molar-refractivity contribution < 1.29 is 19.7 Å². The van der Waals surface area contributed by atoms with Gasteiger partial charge in [-0.15, -0.1) is 0 Å². The lowest BCUT2D eigenvalue weighted by molar-refractivity contribution is 0.456. The van der Waals surface area contributed by atoms with Crippen LogP contribution in [0.15, 0.2) is 121 Å². The fourth-order valence-electron chi connectivity index (χ4n) is 4.55. The van der Waals surface area contributed by atoms with E-state index in [4.69, 9.17) is 20.9 Å². The Morgan fingerprint density at radius 1 is 0.500 bits per heavy atom. The summed E-state index contributed by atoms with van der Waals surface area (Å²) in [6.45, 7) is 0. The second-order valence-electron chi connectivity index (χ2n) is 9.86. The van der Waals surface area contributed by atoms with Crippen LogP contribution in [-0.2, 0) is 0 Å². The maximum atomic E-state index is 10.3. The molecule has 0 fully saturated rings. The van der Waals surface area contributed by atoms with E-state index in [-0.39, 0.29) is 22.9 Å². The van der Waals surface area contributed by atoms with Crippen molar-refractivity contribution in [2.24, 2.45) is 0 Å². The first-order chi connectivity index (χ1) is 21.4. The maximum Gasteiger partial charge on any atom is 0.151 e. The molecule has 0 spiro atoms. The van der Waals surface area contributed by atoms with Crippen molar-refractivity contribution in [3.8, 4) is 58.2 Å². The zero-order chi connectivity index (χ0) is 30.5. The van der Waals surface area contributed by atoms with Crippen LogP contribution in [0.5, 0.6) is 34.5 Å². The third-order valence-electron chi connectivity index (χ3n) is 6.76. The monoisotopic (exact) mass is 574 g/mol. The van der Waals surface area contributed by atoms with Crippen LogP contribution in [0, 0.1) is 23.7 Å². The molecule has 6 N–H and O–H groups in total. The fraction of sp³-hybridized carbons (Fsp3) is 0. The van der Waals surface area contributed by atoms with Gasteiger partial charge in [-0.05, 0) is 60.7 Å². The van der Waals surface area contributed by atoms with E-state index < -0.39 is 0 Å². The van der Waals surface area contributed by atoms with E-state index in [1.807, 2.05) is 84.9 Å². The van der Waals surface area contributed by atoms with Crippen LogP contribution in [0.2, 0.25) is 0 Å². The van der Waals surface area contributed by atoms with Crippen LogP contribution in [0.25, 0.3) is 10.8 Å².